The van der Waals surface area contributed by atoms with Crippen LogP contribution in [0.5, 0.6) is 0 Å². The lowest BCUT2D eigenvalue weighted by atomic mass is 9.60. The summed E-state index contributed by atoms with van der Waals surface area (Å²) in [6.07, 6.45) is 6.02. The van der Waals surface area contributed by atoms with Gasteiger partial charge in [0.1, 0.15) is 0 Å². The number of carbonyl (C=O) groups is 3. The molecule has 1 unspecified atom stereocenters. The number of nitrogens with one attached hydrogen (secondary N) is 2. The number of Topliss-reactive ketones (excluding diaryl/α,β-unsaturated/α-hetero) is 1. The molecule has 4 atom stereocenters. The quantitative estimate of drug-likeness (QED) is 0.144. The van der Waals surface area contributed by atoms with Gasteiger partial charge in [0.05, 0.1) is 23.3 Å². The van der Waals surface area contributed by atoms with Gasteiger partial charge in [-0.25, -0.2) is 11.3 Å². The van der Waals surface area contributed by atoms with Crippen LogP contribution in [0.3, 0.4) is 0 Å². The molecular weight excluding hydrogens is 408 g/mol. The lowest BCUT2D eigenvalue weighted by Crippen LogP contribution is -2.56. The molecule has 0 aromatic heterocycles. The fraction of sp³-hybridized carbons (Fsp3) is 0.542. The third-order valence-corrected chi connectivity index (χ3v) is 6.12. The molecule has 0 saturated heterocycles. The maximum absolute atomic E-state index is 13.7. The predicted molar refractivity (Wildman–Crippen MR) is 123 cm³/mol. The van der Waals surface area contributed by atoms with Crippen molar-refractivity contribution >= 4 is 23.7 Å². The summed E-state index contributed by atoms with van der Waals surface area (Å²) in [6, 6.07) is 8.52. The van der Waals surface area contributed by atoms with E-state index in [0.717, 1.165) is 18.4 Å². The van der Waals surface area contributed by atoms with Gasteiger partial charge in [0.15, 0.2) is 5.78 Å². The van der Waals surface area contributed by atoms with Gasteiger partial charge in [-0.2, -0.15) is 0 Å². The topological polar surface area (TPSA) is 148 Å². The van der Waals surface area contributed by atoms with Crippen LogP contribution < -0.4 is 22.5 Å². The Hall–Kier alpha value is -2.55. The van der Waals surface area contributed by atoms with E-state index in [1.165, 1.54) is 0 Å². The summed E-state index contributed by atoms with van der Waals surface area (Å²) in [7, 11) is 0. The molecule has 1 aromatic rings. The molecular formula is C24H36N4O4. The van der Waals surface area contributed by atoms with Crippen molar-refractivity contribution in [3.63, 3.8) is 0 Å². The van der Waals surface area contributed by atoms with Gasteiger partial charge >= 0.3 is 0 Å². The third kappa shape index (κ3) is 6.25. The van der Waals surface area contributed by atoms with E-state index < -0.39 is 35.1 Å². The van der Waals surface area contributed by atoms with E-state index in [2.05, 4.69) is 5.43 Å². The van der Waals surface area contributed by atoms with Crippen molar-refractivity contribution in [2.75, 3.05) is 0 Å². The van der Waals surface area contributed by atoms with E-state index in [1.54, 1.807) is 24.6 Å². The fourth-order valence-electron chi connectivity index (χ4n) is 4.52. The second kappa shape index (κ2) is 11.4. The zero-order chi connectivity index (χ0) is 23.9. The van der Waals surface area contributed by atoms with Crippen LogP contribution in [0.25, 0.3) is 6.08 Å². The molecule has 0 bridgehead atoms. The maximum atomic E-state index is 13.7. The average Bonchev–Trinajstić information content (AvgIpc) is 3.59. The number of hydrogen-bond donors (Lipinski definition) is 5. The van der Waals surface area contributed by atoms with Crippen LogP contribution in [-0.4, -0.2) is 28.8 Å². The highest BCUT2D eigenvalue weighted by Crippen LogP contribution is 2.49. The second-order valence-corrected chi connectivity index (χ2v) is 9.28. The van der Waals surface area contributed by atoms with Crippen LogP contribution in [0.4, 0.5) is 0 Å². The highest BCUT2D eigenvalue weighted by atomic mass is 16.5. The van der Waals surface area contributed by atoms with Crippen LogP contribution in [0.1, 0.15) is 52.0 Å². The lowest BCUT2D eigenvalue weighted by molar-refractivity contribution is -0.151. The average molecular weight is 445 g/mol. The maximum Gasteiger partial charge on any atom is 0.248 e. The summed E-state index contributed by atoms with van der Waals surface area (Å²) < 4.78 is 0. The van der Waals surface area contributed by atoms with Crippen LogP contribution in [0, 0.1) is 29.1 Å². The first-order valence-corrected chi connectivity index (χ1v) is 11.1. The minimum atomic E-state index is -1.38. The number of benzene rings is 1. The van der Waals surface area contributed by atoms with Gasteiger partial charge in [0.2, 0.25) is 11.8 Å². The van der Waals surface area contributed by atoms with Gasteiger partial charge in [0, 0.05) is 0 Å². The van der Waals surface area contributed by atoms with E-state index >= 15 is 0 Å². The molecule has 176 valence electrons. The number of allylic oxidation sites excluding steroid dienone is 1. The zero-order valence-electron chi connectivity index (χ0n) is 19.1. The van der Waals surface area contributed by atoms with Crippen LogP contribution in [0.2, 0.25) is 0 Å². The van der Waals surface area contributed by atoms with Crippen molar-refractivity contribution in [2.45, 2.75) is 52.5 Å². The Morgan fingerprint density at radius 3 is 2.25 bits per heavy atom. The van der Waals surface area contributed by atoms with E-state index in [9.17, 15) is 19.6 Å². The zero-order valence-corrected chi connectivity index (χ0v) is 19.1. The standard InChI is InChI=1S/C24H36N4O4/c1-15(2)13-19(22(30)27-26)20(23(31)28-32)24(14-18-9-10-18,21(29)16(3)25)12-11-17-7-5-4-6-8-17/h4-8,11-12,15-16,18-20,32H,9-10,13-14,25-26H2,1-3H3,(H,27,30)(H,28,31)/b12-11+/t16-,19-,20-,24?/m1/s1. The molecule has 32 heavy (non-hydrogen) atoms. The summed E-state index contributed by atoms with van der Waals surface area (Å²) >= 11 is 0. The van der Waals surface area contributed by atoms with Gasteiger partial charge in [-0.3, -0.25) is 25.0 Å². The number of nitrogens with two attached hydrogens (primary N) is 2. The lowest BCUT2D eigenvalue weighted by Gasteiger charge is -2.41. The Morgan fingerprint density at radius 1 is 1.16 bits per heavy atom. The molecule has 1 aromatic carbocycles. The minimum absolute atomic E-state index is 0.0356. The Labute approximate surface area is 189 Å². The van der Waals surface area contributed by atoms with Crippen LogP contribution >= 0.6 is 0 Å². The molecule has 0 heterocycles. The molecule has 0 aliphatic heterocycles. The molecule has 2 amide bonds. The van der Waals surface area contributed by atoms with Gasteiger partial charge in [0.25, 0.3) is 0 Å². The minimum Gasteiger partial charge on any atom is -0.322 e. The van der Waals surface area contributed by atoms with Crippen molar-refractivity contribution in [3.8, 4) is 0 Å². The van der Waals surface area contributed by atoms with Gasteiger partial charge < -0.3 is 5.73 Å². The first kappa shape index (κ1) is 25.7. The van der Waals surface area contributed by atoms with E-state index in [-0.39, 0.29) is 17.6 Å². The summed E-state index contributed by atoms with van der Waals surface area (Å²) in [5, 5.41) is 9.63. The largest absolute Gasteiger partial charge is 0.322 e. The van der Waals surface area contributed by atoms with Gasteiger partial charge in [-0.1, -0.05) is 69.2 Å². The summed E-state index contributed by atoms with van der Waals surface area (Å²) in [6.45, 7) is 5.41. The molecule has 0 radical (unpaired) electrons. The van der Waals surface area contributed by atoms with Gasteiger partial charge in [-0.05, 0) is 37.2 Å². The summed E-state index contributed by atoms with van der Waals surface area (Å²) in [5.41, 5.74) is 9.38. The molecule has 1 aliphatic rings. The first-order chi connectivity index (χ1) is 15.2. The first-order valence-electron chi connectivity index (χ1n) is 11.1. The van der Waals surface area contributed by atoms with Crippen molar-refractivity contribution in [3.05, 3.63) is 42.0 Å². The summed E-state index contributed by atoms with van der Waals surface area (Å²) in [4.78, 5) is 39.7. The van der Waals surface area contributed by atoms with Crippen LogP contribution in [0.15, 0.2) is 36.4 Å². The van der Waals surface area contributed by atoms with Crippen molar-refractivity contribution in [1.29, 1.82) is 0 Å². The number of ketones is 1. The molecule has 1 saturated carbocycles. The number of hydroxylamine groups is 1. The Kier molecular flexibility index (Phi) is 9.12. The van der Waals surface area contributed by atoms with E-state index in [0.29, 0.717) is 12.8 Å². The van der Waals surface area contributed by atoms with E-state index in [4.69, 9.17) is 11.6 Å². The van der Waals surface area contributed by atoms with Crippen molar-refractivity contribution < 1.29 is 19.6 Å². The molecule has 1 aliphatic carbocycles. The molecule has 0 spiro atoms. The van der Waals surface area contributed by atoms with Gasteiger partial charge in [-0.15, -0.1) is 0 Å². The monoisotopic (exact) mass is 444 g/mol. The SMILES string of the molecule is CC(C)C[C@@H](C(=O)NN)[C@H](C(=O)NO)C(/C=C/c1ccccc1)(CC1CC1)C(=O)[C@@H](C)N. The number of hydrazine groups is 1. The molecule has 1 fully saturated rings. The molecule has 8 nitrogen and oxygen atoms in total. The Balaban J connectivity index is 2.73. The van der Waals surface area contributed by atoms with Crippen molar-refractivity contribution in [2.24, 2.45) is 40.7 Å². The highest BCUT2D eigenvalue weighted by Gasteiger charge is 2.54. The Morgan fingerprint density at radius 2 is 1.78 bits per heavy atom. The third-order valence-electron chi connectivity index (χ3n) is 6.12. The summed E-state index contributed by atoms with van der Waals surface area (Å²) in [5.74, 6) is 1.91. The second-order valence-electron chi connectivity index (χ2n) is 9.28. The number of rotatable bonds is 12. The molecule has 7 N–H and O–H groups in total. The number of carbonyl (C=O) groups excluding carboxylic acids is 3. The smallest absolute Gasteiger partial charge is 0.248 e. The van der Waals surface area contributed by atoms with Crippen LogP contribution in [-0.2, 0) is 14.4 Å². The van der Waals surface area contributed by atoms with Crippen molar-refractivity contribution in [1.82, 2.24) is 10.9 Å². The van der Waals surface area contributed by atoms with E-state index in [1.807, 2.05) is 44.2 Å². The normalized spacial score (nSPS) is 18.6. The Bertz CT molecular complexity index is 821. The molecule has 8 heteroatoms. The predicted octanol–water partition coefficient (Wildman–Crippen LogP) is 2.18. The fourth-order valence-corrected chi connectivity index (χ4v) is 4.52. The number of amides is 2. The highest BCUT2D eigenvalue weighted by molar-refractivity contribution is 5.99. The number of hydrogen-bond acceptors (Lipinski definition) is 6. The molecule has 2 rings (SSSR count).